The molecule has 0 saturated carbocycles. The molecule has 0 fully saturated rings. The highest BCUT2D eigenvalue weighted by Gasteiger charge is 2.16. The van der Waals surface area contributed by atoms with Crippen molar-refractivity contribution in [2.75, 3.05) is 6.54 Å². The number of furan rings is 1. The number of carbonyl (C=O) groups excluding carboxylic acids is 1. The standard InChI is InChI=1S/C20H20FN3O4/c1-14(28-17-7-3-2-6-15(17)21)20(26)22-11-5-12-24-19(25)10-9-16(23-24)18-8-4-13-27-18/h2-4,6-10,13-14H,5,11-12H2,1H3,(H,22,26)/t14-/m1/s1. The minimum atomic E-state index is -0.847. The summed E-state index contributed by atoms with van der Waals surface area (Å²) in [6.45, 7) is 2.19. The number of hydrogen-bond acceptors (Lipinski definition) is 5. The van der Waals surface area contributed by atoms with Crippen molar-refractivity contribution in [3.63, 3.8) is 0 Å². The van der Waals surface area contributed by atoms with Crippen LogP contribution >= 0.6 is 0 Å². The van der Waals surface area contributed by atoms with E-state index in [0.717, 1.165) is 0 Å². The Morgan fingerprint density at radius 3 is 2.82 bits per heavy atom. The highest BCUT2D eigenvalue weighted by atomic mass is 19.1. The van der Waals surface area contributed by atoms with Crippen LogP contribution in [-0.4, -0.2) is 28.3 Å². The van der Waals surface area contributed by atoms with E-state index in [1.54, 1.807) is 37.3 Å². The molecule has 1 amide bonds. The summed E-state index contributed by atoms with van der Waals surface area (Å²) in [5.74, 6) is -0.297. The summed E-state index contributed by atoms with van der Waals surface area (Å²) >= 11 is 0. The van der Waals surface area contributed by atoms with E-state index >= 15 is 0 Å². The van der Waals surface area contributed by atoms with Crippen molar-refractivity contribution in [3.05, 3.63) is 71.0 Å². The van der Waals surface area contributed by atoms with Crippen LogP contribution in [0.5, 0.6) is 5.75 Å². The maximum absolute atomic E-state index is 13.6. The van der Waals surface area contributed by atoms with E-state index in [2.05, 4.69) is 10.4 Å². The fraction of sp³-hybridized carbons (Fsp3) is 0.250. The quantitative estimate of drug-likeness (QED) is 0.603. The summed E-state index contributed by atoms with van der Waals surface area (Å²) in [5, 5.41) is 6.97. The molecule has 0 spiro atoms. The van der Waals surface area contributed by atoms with E-state index in [0.29, 0.717) is 31.0 Å². The third kappa shape index (κ3) is 4.85. The van der Waals surface area contributed by atoms with Gasteiger partial charge in [-0.1, -0.05) is 12.1 Å². The van der Waals surface area contributed by atoms with Gasteiger partial charge in [0.25, 0.3) is 11.5 Å². The molecule has 8 heteroatoms. The van der Waals surface area contributed by atoms with E-state index in [4.69, 9.17) is 9.15 Å². The normalized spacial score (nSPS) is 11.8. The van der Waals surface area contributed by atoms with Crippen molar-refractivity contribution >= 4 is 5.91 Å². The first-order valence-electron chi connectivity index (χ1n) is 8.85. The van der Waals surface area contributed by atoms with Gasteiger partial charge in [0.05, 0.1) is 6.26 Å². The number of carbonyl (C=O) groups is 1. The molecule has 1 aromatic carbocycles. The van der Waals surface area contributed by atoms with Gasteiger partial charge in [-0.15, -0.1) is 0 Å². The molecule has 1 atom stereocenters. The number of ether oxygens (including phenoxy) is 1. The minimum absolute atomic E-state index is 0.0237. The first kappa shape index (κ1) is 19.3. The zero-order chi connectivity index (χ0) is 19.9. The summed E-state index contributed by atoms with van der Waals surface area (Å²) in [7, 11) is 0. The van der Waals surface area contributed by atoms with Crippen molar-refractivity contribution in [1.29, 1.82) is 0 Å². The monoisotopic (exact) mass is 385 g/mol. The Hall–Kier alpha value is -3.42. The van der Waals surface area contributed by atoms with Crippen LogP contribution in [-0.2, 0) is 11.3 Å². The number of para-hydroxylation sites is 1. The van der Waals surface area contributed by atoms with Gasteiger partial charge in [-0.3, -0.25) is 9.59 Å². The molecule has 1 N–H and O–H groups in total. The molecular weight excluding hydrogens is 365 g/mol. The Kier molecular flexibility index (Phi) is 6.21. The maximum Gasteiger partial charge on any atom is 0.266 e. The van der Waals surface area contributed by atoms with Crippen molar-refractivity contribution in [2.24, 2.45) is 0 Å². The predicted octanol–water partition coefficient (Wildman–Crippen LogP) is 2.62. The van der Waals surface area contributed by atoms with Gasteiger partial charge >= 0.3 is 0 Å². The van der Waals surface area contributed by atoms with E-state index in [1.807, 2.05) is 0 Å². The SMILES string of the molecule is C[C@@H](Oc1ccccc1F)C(=O)NCCCn1nc(-c2ccco2)ccc1=O. The molecule has 0 bridgehead atoms. The number of aromatic nitrogens is 2. The lowest BCUT2D eigenvalue weighted by Crippen LogP contribution is -2.37. The number of rotatable bonds is 8. The first-order valence-corrected chi connectivity index (χ1v) is 8.85. The molecule has 0 aliphatic rings. The number of aryl methyl sites for hydroxylation is 1. The van der Waals surface area contributed by atoms with Crippen LogP contribution in [0.3, 0.4) is 0 Å². The predicted molar refractivity (Wildman–Crippen MR) is 100 cm³/mol. The van der Waals surface area contributed by atoms with Crippen LogP contribution in [0, 0.1) is 5.82 Å². The first-order chi connectivity index (χ1) is 13.5. The van der Waals surface area contributed by atoms with Crippen molar-refractivity contribution in [1.82, 2.24) is 15.1 Å². The van der Waals surface area contributed by atoms with Gasteiger partial charge in [0.1, 0.15) is 5.69 Å². The van der Waals surface area contributed by atoms with Crippen LogP contribution in [0.15, 0.2) is 64.0 Å². The zero-order valence-corrected chi connectivity index (χ0v) is 15.3. The van der Waals surface area contributed by atoms with Crippen LogP contribution in [0.4, 0.5) is 4.39 Å². The molecule has 3 rings (SSSR count). The second kappa shape index (κ2) is 8.98. The molecule has 146 valence electrons. The smallest absolute Gasteiger partial charge is 0.266 e. The Morgan fingerprint density at radius 1 is 1.25 bits per heavy atom. The Bertz CT molecular complexity index is 985. The van der Waals surface area contributed by atoms with E-state index in [1.165, 1.54) is 29.1 Å². The van der Waals surface area contributed by atoms with Crippen molar-refractivity contribution in [3.8, 4) is 17.2 Å². The lowest BCUT2D eigenvalue weighted by Gasteiger charge is -2.15. The molecule has 0 radical (unpaired) electrons. The number of amides is 1. The van der Waals surface area contributed by atoms with Crippen LogP contribution in [0.1, 0.15) is 13.3 Å². The molecule has 28 heavy (non-hydrogen) atoms. The molecular formula is C20H20FN3O4. The Balaban J connectivity index is 1.49. The van der Waals surface area contributed by atoms with E-state index in [9.17, 15) is 14.0 Å². The maximum atomic E-state index is 13.6. The third-order valence-electron chi connectivity index (χ3n) is 4.00. The van der Waals surface area contributed by atoms with Gasteiger partial charge in [-0.05, 0) is 43.7 Å². The minimum Gasteiger partial charge on any atom is -0.478 e. The van der Waals surface area contributed by atoms with Gasteiger partial charge in [0.15, 0.2) is 23.4 Å². The van der Waals surface area contributed by atoms with E-state index < -0.39 is 11.9 Å². The molecule has 0 aliphatic heterocycles. The second-order valence-corrected chi connectivity index (χ2v) is 6.09. The van der Waals surface area contributed by atoms with Crippen molar-refractivity contribution < 1.29 is 18.3 Å². The number of benzene rings is 1. The summed E-state index contributed by atoms with van der Waals surface area (Å²) in [6, 6.07) is 12.4. The fourth-order valence-corrected chi connectivity index (χ4v) is 2.53. The van der Waals surface area contributed by atoms with Gasteiger partial charge in [-0.25, -0.2) is 9.07 Å². The van der Waals surface area contributed by atoms with Crippen LogP contribution in [0.25, 0.3) is 11.5 Å². The molecule has 7 nitrogen and oxygen atoms in total. The molecule has 0 unspecified atom stereocenters. The lowest BCUT2D eigenvalue weighted by molar-refractivity contribution is -0.127. The number of nitrogens with one attached hydrogen (secondary N) is 1. The summed E-state index contributed by atoms with van der Waals surface area (Å²) in [5.41, 5.74) is 0.318. The van der Waals surface area contributed by atoms with E-state index in [-0.39, 0.29) is 17.2 Å². The highest BCUT2D eigenvalue weighted by Crippen LogP contribution is 2.17. The Labute approximate surface area is 160 Å². The molecule has 3 aromatic rings. The lowest BCUT2D eigenvalue weighted by atomic mass is 10.3. The molecule has 2 heterocycles. The average molecular weight is 385 g/mol. The fourth-order valence-electron chi connectivity index (χ4n) is 2.53. The topological polar surface area (TPSA) is 86.4 Å². The van der Waals surface area contributed by atoms with Gasteiger partial charge in [0, 0.05) is 19.2 Å². The Morgan fingerprint density at radius 2 is 2.07 bits per heavy atom. The van der Waals surface area contributed by atoms with Gasteiger partial charge in [0.2, 0.25) is 0 Å². The summed E-state index contributed by atoms with van der Waals surface area (Å²) in [4.78, 5) is 24.0. The number of halogens is 1. The highest BCUT2D eigenvalue weighted by molar-refractivity contribution is 5.80. The van der Waals surface area contributed by atoms with Gasteiger partial charge < -0.3 is 14.5 Å². The molecule has 0 aliphatic carbocycles. The zero-order valence-electron chi connectivity index (χ0n) is 15.3. The number of nitrogens with zero attached hydrogens (tertiary/aromatic N) is 2. The molecule has 2 aromatic heterocycles. The van der Waals surface area contributed by atoms with Crippen molar-refractivity contribution in [2.45, 2.75) is 26.0 Å². The second-order valence-electron chi connectivity index (χ2n) is 6.09. The van der Waals surface area contributed by atoms with Crippen LogP contribution in [0.2, 0.25) is 0 Å². The average Bonchev–Trinajstić information content (AvgIpc) is 3.23. The molecule has 0 saturated heterocycles. The third-order valence-corrected chi connectivity index (χ3v) is 4.00. The largest absolute Gasteiger partial charge is 0.478 e. The van der Waals surface area contributed by atoms with Crippen LogP contribution < -0.4 is 15.6 Å². The summed E-state index contributed by atoms with van der Waals surface area (Å²) in [6.07, 6.45) is 1.18. The summed E-state index contributed by atoms with van der Waals surface area (Å²) < 4.78 is 25.5. The number of hydrogen-bond donors (Lipinski definition) is 1. The van der Waals surface area contributed by atoms with Gasteiger partial charge in [-0.2, -0.15) is 5.10 Å².